The molecule has 1 unspecified atom stereocenters. The number of benzene rings is 2. The molecule has 8 nitrogen and oxygen atoms in total. The third-order valence-corrected chi connectivity index (χ3v) is 6.44. The Bertz CT molecular complexity index is 1000. The van der Waals surface area contributed by atoms with Gasteiger partial charge >= 0.3 is 12.1 Å². The lowest BCUT2D eigenvalue weighted by atomic mass is 9.98. The lowest BCUT2D eigenvalue weighted by Crippen LogP contribution is -2.46. The van der Waals surface area contributed by atoms with Gasteiger partial charge in [-0.3, -0.25) is 0 Å². The molecule has 0 radical (unpaired) electrons. The number of esters is 1. The number of methoxy groups -OCH3 is 1. The molecular formula is C28H35NO7. The number of hydrogen-bond acceptors (Lipinski definition) is 7. The molecule has 36 heavy (non-hydrogen) atoms. The third-order valence-electron chi connectivity index (χ3n) is 6.44. The Kier molecular flexibility index (Phi) is 8.61. The highest BCUT2D eigenvalue weighted by atomic mass is 16.7. The van der Waals surface area contributed by atoms with Crippen molar-refractivity contribution in [3.63, 3.8) is 0 Å². The summed E-state index contributed by atoms with van der Waals surface area (Å²) in [7, 11) is 1.27. The predicted octanol–water partition coefficient (Wildman–Crippen LogP) is 4.41. The summed E-state index contributed by atoms with van der Waals surface area (Å²) >= 11 is 0. The first kappa shape index (κ1) is 26.1. The Labute approximate surface area is 212 Å². The van der Waals surface area contributed by atoms with Crippen LogP contribution >= 0.6 is 0 Å². The summed E-state index contributed by atoms with van der Waals surface area (Å²) < 4.78 is 27.8. The van der Waals surface area contributed by atoms with Crippen LogP contribution in [-0.2, 0) is 28.5 Å². The zero-order valence-electron chi connectivity index (χ0n) is 21.2. The molecule has 0 bridgehead atoms. The molecule has 194 valence electrons. The monoisotopic (exact) mass is 497 g/mol. The normalized spacial score (nSPS) is 18.1. The summed E-state index contributed by atoms with van der Waals surface area (Å²) in [5.41, 5.74) is 3.90. The third kappa shape index (κ3) is 6.43. The SMILES string of the molecule is COC(=O)[C@H](COCC(C)(C)OC1CCCCO1)NC(=O)OCC1c2ccccc2-c2ccccc21. The van der Waals surface area contributed by atoms with Gasteiger partial charge in [0.2, 0.25) is 0 Å². The van der Waals surface area contributed by atoms with E-state index in [0.29, 0.717) is 6.61 Å². The number of hydrogen-bond donors (Lipinski definition) is 1. The molecule has 0 saturated carbocycles. The molecule has 2 aromatic carbocycles. The van der Waals surface area contributed by atoms with Crippen molar-refractivity contribution in [2.24, 2.45) is 0 Å². The van der Waals surface area contributed by atoms with E-state index in [9.17, 15) is 9.59 Å². The van der Waals surface area contributed by atoms with Crippen LogP contribution in [0, 0.1) is 0 Å². The van der Waals surface area contributed by atoms with Crippen LogP contribution in [0.3, 0.4) is 0 Å². The molecule has 1 heterocycles. The Morgan fingerprint density at radius 3 is 2.33 bits per heavy atom. The summed E-state index contributed by atoms with van der Waals surface area (Å²) in [6, 6.07) is 15.2. The van der Waals surface area contributed by atoms with Crippen molar-refractivity contribution < 1.29 is 33.3 Å². The van der Waals surface area contributed by atoms with Gasteiger partial charge in [-0.1, -0.05) is 48.5 Å². The van der Waals surface area contributed by atoms with Crippen LogP contribution in [0.15, 0.2) is 48.5 Å². The lowest BCUT2D eigenvalue weighted by Gasteiger charge is -2.32. The Morgan fingerprint density at radius 1 is 1.06 bits per heavy atom. The van der Waals surface area contributed by atoms with Crippen molar-refractivity contribution in [2.75, 3.05) is 33.5 Å². The van der Waals surface area contributed by atoms with E-state index < -0.39 is 23.7 Å². The van der Waals surface area contributed by atoms with Crippen molar-refractivity contribution in [3.05, 3.63) is 59.7 Å². The van der Waals surface area contributed by atoms with Gasteiger partial charge in [0.15, 0.2) is 12.3 Å². The van der Waals surface area contributed by atoms with Crippen LogP contribution in [0.25, 0.3) is 11.1 Å². The van der Waals surface area contributed by atoms with Gasteiger partial charge in [-0.05, 0) is 55.4 Å². The molecule has 4 rings (SSSR count). The molecule has 0 aromatic heterocycles. The van der Waals surface area contributed by atoms with Crippen LogP contribution < -0.4 is 5.32 Å². The molecular weight excluding hydrogens is 462 g/mol. The number of fused-ring (bicyclic) bond motifs is 3. The van der Waals surface area contributed by atoms with Gasteiger partial charge in [-0.25, -0.2) is 9.59 Å². The predicted molar refractivity (Wildman–Crippen MR) is 134 cm³/mol. The minimum absolute atomic E-state index is 0.0732. The Hall–Kier alpha value is -2.94. The second-order valence-corrected chi connectivity index (χ2v) is 9.73. The molecule has 2 aromatic rings. The molecule has 1 N–H and O–H groups in total. The smallest absolute Gasteiger partial charge is 0.407 e. The number of alkyl carbamates (subject to hydrolysis) is 1. The number of rotatable bonds is 10. The van der Waals surface area contributed by atoms with Crippen molar-refractivity contribution >= 4 is 12.1 Å². The highest BCUT2D eigenvalue weighted by Gasteiger charge is 2.31. The average molecular weight is 498 g/mol. The fourth-order valence-corrected chi connectivity index (χ4v) is 4.71. The molecule has 1 amide bonds. The number of nitrogens with one attached hydrogen (secondary N) is 1. The van der Waals surface area contributed by atoms with Crippen molar-refractivity contribution in [1.82, 2.24) is 5.32 Å². The summed E-state index contributed by atoms with van der Waals surface area (Å²) in [6.45, 7) is 4.78. The number of carbonyl (C=O) groups excluding carboxylic acids is 2. The summed E-state index contributed by atoms with van der Waals surface area (Å²) in [5.74, 6) is -0.686. The van der Waals surface area contributed by atoms with E-state index in [0.717, 1.165) is 41.5 Å². The minimum Gasteiger partial charge on any atom is -0.467 e. The van der Waals surface area contributed by atoms with E-state index in [1.54, 1.807) is 0 Å². The van der Waals surface area contributed by atoms with Gasteiger partial charge in [0.05, 0.1) is 25.9 Å². The van der Waals surface area contributed by atoms with E-state index in [4.69, 9.17) is 23.7 Å². The standard InChI is InChI=1S/C28H35NO7/c1-28(2,36-25-14-8-9-15-34-25)18-33-17-24(26(30)32-3)29-27(31)35-16-23-21-12-6-4-10-19(21)20-11-5-7-13-22(20)23/h4-7,10-13,23-25H,8-9,14-18H2,1-3H3,(H,29,31)/t24-,25?/m0/s1. The van der Waals surface area contributed by atoms with Crippen molar-refractivity contribution in [3.8, 4) is 11.1 Å². The van der Waals surface area contributed by atoms with Crippen LogP contribution in [0.5, 0.6) is 0 Å². The van der Waals surface area contributed by atoms with E-state index in [2.05, 4.69) is 29.6 Å². The molecule has 1 saturated heterocycles. The highest BCUT2D eigenvalue weighted by molar-refractivity contribution is 5.82. The molecule has 0 spiro atoms. The lowest BCUT2D eigenvalue weighted by molar-refractivity contribution is -0.227. The zero-order chi connectivity index (χ0) is 25.5. The maximum Gasteiger partial charge on any atom is 0.407 e. The maximum atomic E-state index is 12.6. The first-order valence-electron chi connectivity index (χ1n) is 12.4. The molecule has 1 fully saturated rings. The Balaban J connectivity index is 1.30. The highest BCUT2D eigenvalue weighted by Crippen LogP contribution is 2.44. The topological polar surface area (TPSA) is 92.3 Å². The number of ether oxygens (including phenoxy) is 5. The fraction of sp³-hybridized carbons (Fsp3) is 0.500. The summed E-state index contributed by atoms with van der Waals surface area (Å²) in [5, 5.41) is 2.58. The van der Waals surface area contributed by atoms with Crippen LogP contribution in [0.2, 0.25) is 0 Å². The molecule has 2 atom stereocenters. The van der Waals surface area contributed by atoms with Crippen LogP contribution in [0.1, 0.15) is 50.2 Å². The van der Waals surface area contributed by atoms with E-state index in [-0.39, 0.29) is 32.0 Å². The Morgan fingerprint density at radius 2 is 1.72 bits per heavy atom. The molecule has 8 heteroatoms. The van der Waals surface area contributed by atoms with Crippen molar-refractivity contribution in [1.29, 1.82) is 0 Å². The van der Waals surface area contributed by atoms with E-state index >= 15 is 0 Å². The van der Waals surface area contributed by atoms with Gasteiger partial charge in [0.25, 0.3) is 0 Å². The zero-order valence-corrected chi connectivity index (χ0v) is 21.2. The summed E-state index contributed by atoms with van der Waals surface area (Å²) in [4.78, 5) is 24.9. The second kappa shape index (κ2) is 11.9. The number of carbonyl (C=O) groups is 2. The van der Waals surface area contributed by atoms with E-state index in [1.807, 2.05) is 38.1 Å². The maximum absolute atomic E-state index is 12.6. The van der Waals surface area contributed by atoms with Crippen LogP contribution in [0.4, 0.5) is 4.79 Å². The van der Waals surface area contributed by atoms with Gasteiger partial charge in [-0.2, -0.15) is 0 Å². The van der Waals surface area contributed by atoms with Crippen molar-refractivity contribution in [2.45, 2.75) is 57.0 Å². The minimum atomic E-state index is -1.01. The molecule has 1 aliphatic carbocycles. The fourth-order valence-electron chi connectivity index (χ4n) is 4.71. The molecule has 1 aliphatic heterocycles. The molecule has 2 aliphatic rings. The van der Waals surface area contributed by atoms with Gasteiger partial charge in [-0.15, -0.1) is 0 Å². The average Bonchev–Trinajstić information content (AvgIpc) is 3.20. The van der Waals surface area contributed by atoms with Gasteiger partial charge < -0.3 is 29.0 Å². The van der Waals surface area contributed by atoms with Crippen LogP contribution in [-0.4, -0.2) is 63.5 Å². The number of amides is 1. The largest absolute Gasteiger partial charge is 0.467 e. The second-order valence-electron chi connectivity index (χ2n) is 9.73. The first-order chi connectivity index (χ1) is 17.4. The van der Waals surface area contributed by atoms with Gasteiger partial charge in [0, 0.05) is 12.5 Å². The van der Waals surface area contributed by atoms with Gasteiger partial charge in [0.1, 0.15) is 6.61 Å². The quantitative estimate of drug-likeness (QED) is 0.486. The van der Waals surface area contributed by atoms with E-state index in [1.165, 1.54) is 7.11 Å². The summed E-state index contributed by atoms with van der Waals surface area (Å²) in [6.07, 6.45) is 1.99. The first-order valence-corrected chi connectivity index (χ1v) is 12.4.